The number of aromatic nitrogens is 2. The van der Waals surface area contributed by atoms with Gasteiger partial charge in [0.25, 0.3) is 0 Å². The van der Waals surface area contributed by atoms with E-state index in [4.69, 9.17) is 34.0 Å². The van der Waals surface area contributed by atoms with Gasteiger partial charge in [-0.3, -0.25) is 0 Å². The van der Waals surface area contributed by atoms with Gasteiger partial charge in [-0.1, -0.05) is 40.9 Å². The quantitative estimate of drug-likeness (QED) is 0.703. The van der Waals surface area contributed by atoms with Gasteiger partial charge in [-0.05, 0) is 19.1 Å². The number of nitrogens with zero attached hydrogens (tertiary/aromatic N) is 1. The number of H-pyrrole nitrogens is 1. The van der Waals surface area contributed by atoms with E-state index in [0.29, 0.717) is 0 Å². The van der Waals surface area contributed by atoms with Crippen LogP contribution in [-0.4, -0.2) is 21.0 Å². The fraction of sp³-hybridized carbons (Fsp3) is 0.0909. The Kier molecular flexibility index (Phi) is 5.00. The zero-order chi connectivity index (χ0) is 13.7. The SMILES string of the molecule is Cc1ccc(N)cc1.O=C(O)c1nc(Cl)c(Cl)[nH]1. The molecule has 1 heterocycles. The third-order valence-electron chi connectivity index (χ3n) is 1.90. The van der Waals surface area contributed by atoms with Crippen molar-refractivity contribution in [2.24, 2.45) is 0 Å². The standard InChI is InChI=1S/C7H9N.C4H2Cl2N2O2/c1-6-2-4-7(8)5-3-6;5-1-2(6)8-3(7-1)4(9)10/h2-5H,8H2,1H3;(H,7,8)(H,9,10). The van der Waals surface area contributed by atoms with Gasteiger partial charge < -0.3 is 15.8 Å². The normalized spacial score (nSPS) is 9.50. The Bertz CT molecular complexity index is 497. The molecule has 4 N–H and O–H groups in total. The molecule has 2 aromatic rings. The summed E-state index contributed by atoms with van der Waals surface area (Å²) in [6.45, 7) is 2.04. The van der Waals surface area contributed by atoms with E-state index in [0.717, 1.165) is 5.69 Å². The molecule has 18 heavy (non-hydrogen) atoms. The van der Waals surface area contributed by atoms with Crippen molar-refractivity contribution in [1.82, 2.24) is 9.97 Å². The summed E-state index contributed by atoms with van der Waals surface area (Å²) in [4.78, 5) is 15.8. The number of carboxylic acid groups (broad SMARTS) is 1. The fourth-order valence-electron chi connectivity index (χ4n) is 0.998. The molecule has 0 fully saturated rings. The lowest BCUT2D eigenvalue weighted by Crippen LogP contribution is -1.97. The lowest BCUT2D eigenvalue weighted by atomic mass is 10.2. The van der Waals surface area contributed by atoms with Gasteiger partial charge in [0, 0.05) is 5.69 Å². The molecule has 96 valence electrons. The number of benzene rings is 1. The van der Waals surface area contributed by atoms with Crippen LogP contribution >= 0.6 is 23.2 Å². The highest BCUT2D eigenvalue weighted by Gasteiger charge is 2.10. The van der Waals surface area contributed by atoms with Gasteiger partial charge in [0.05, 0.1) is 0 Å². The Morgan fingerprint density at radius 2 is 1.89 bits per heavy atom. The summed E-state index contributed by atoms with van der Waals surface area (Å²) in [6.07, 6.45) is 0. The topological polar surface area (TPSA) is 92.0 Å². The van der Waals surface area contributed by atoms with Crippen LogP contribution in [0.4, 0.5) is 5.69 Å². The number of aryl methyl sites for hydroxylation is 1. The van der Waals surface area contributed by atoms with E-state index < -0.39 is 5.97 Å². The van der Waals surface area contributed by atoms with E-state index in [2.05, 4.69) is 9.97 Å². The number of aromatic amines is 1. The van der Waals surface area contributed by atoms with E-state index in [9.17, 15) is 4.79 Å². The zero-order valence-electron chi connectivity index (χ0n) is 9.45. The van der Waals surface area contributed by atoms with Crippen LogP contribution in [0.15, 0.2) is 24.3 Å². The number of nitrogens with one attached hydrogen (secondary N) is 1. The van der Waals surface area contributed by atoms with Crippen molar-refractivity contribution in [1.29, 1.82) is 0 Å². The molecule has 0 amide bonds. The van der Waals surface area contributed by atoms with Crippen LogP contribution in [0.5, 0.6) is 0 Å². The number of nitrogen functional groups attached to an aromatic ring is 1. The Hall–Kier alpha value is -1.72. The Morgan fingerprint density at radius 1 is 1.33 bits per heavy atom. The maximum absolute atomic E-state index is 10.2. The smallest absolute Gasteiger partial charge is 0.371 e. The van der Waals surface area contributed by atoms with E-state index in [1.807, 2.05) is 31.2 Å². The molecule has 0 aliphatic rings. The summed E-state index contributed by atoms with van der Waals surface area (Å²) in [5.41, 5.74) is 7.51. The number of aromatic carboxylic acids is 1. The van der Waals surface area contributed by atoms with E-state index in [1.54, 1.807) is 0 Å². The van der Waals surface area contributed by atoms with Gasteiger partial charge >= 0.3 is 5.97 Å². The molecule has 0 aliphatic carbocycles. The van der Waals surface area contributed by atoms with Crippen LogP contribution in [0.2, 0.25) is 10.3 Å². The average molecular weight is 288 g/mol. The number of nitrogens with two attached hydrogens (primary N) is 1. The number of carboxylic acids is 1. The lowest BCUT2D eigenvalue weighted by molar-refractivity contribution is 0.0685. The van der Waals surface area contributed by atoms with Crippen LogP contribution in [-0.2, 0) is 0 Å². The molecule has 0 unspecified atom stereocenters. The van der Waals surface area contributed by atoms with E-state index in [1.165, 1.54) is 5.56 Å². The number of hydrogen-bond acceptors (Lipinski definition) is 3. The first-order valence-corrected chi connectivity index (χ1v) is 5.62. The third-order valence-corrected chi connectivity index (χ3v) is 2.54. The maximum Gasteiger partial charge on any atom is 0.371 e. The van der Waals surface area contributed by atoms with Crippen molar-refractivity contribution in [2.75, 3.05) is 5.73 Å². The number of hydrogen-bond donors (Lipinski definition) is 3. The van der Waals surface area contributed by atoms with Gasteiger partial charge in [-0.15, -0.1) is 0 Å². The van der Waals surface area contributed by atoms with Crippen LogP contribution < -0.4 is 5.73 Å². The second kappa shape index (κ2) is 6.28. The number of rotatable bonds is 1. The minimum absolute atomic E-state index is 0.0286. The average Bonchev–Trinajstić information content (AvgIpc) is 2.65. The lowest BCUT2D eigenvalue weighted by Gasteiger charge is -1.90. The molecule has 0 spiro atoms. The minimum atomic E-state index is -1.19. The number of imidazole rings is 1. The first-order chi connectivity index (χ1) is 8.40. The first-order valence-electron chi connectivity index (χ1n) is 4.86. The highest BCUT2D eigenvalue weighted by molar-refractivity contribution is 6.40. The number of halogens is 2. The second-order valence-electron chi connectivity index (χ2n) is 3.41. The van der Waals surface area contributed by atoms with Crippen molar-refractivity contribution in [3.63, 3.8) is 0 Å². The minimum Gasteiger partial charge on any atom is -0.475 e. The fourth-order valence-corrected chi connectivity index (χ4v) is 1.26. The molecule has 0 atom stereocenters. The summed E-state index contributed by atoms with van der Waals surface area (Å²) in [7, 11) is 0. The molecule has 2 rings (SSSR count). The van der Waals surface area contributed by atoms with Gasteiger partial charge in [0.1, 0.15) is 5.15 Å². The van der Waals surface area contributed by atoms with Crippen LogP contribution in [0, 0.1) is 6.92 Å². The molecule has 5 nitrogen and oxygen atoms in total. The summed E-state index contributed by atoms with van der Waals surface area (Å²) in [5.74, 6) is -1.44. The predicted molar refractivity (Wildman–Crippen MR) is 71.2 cm³/mol. The summed E-state index contributed by atoms with van der Waals surface area (Å²) < 4.78 is 0. The molecule has 0 radical (unpaired) electrons. The van der Waals surface area contributed by atoms with Crippen LogP contribution in [0.1, 0.15) is 16.2 Å². The summed E-state index contributed by atoms with van der Waals surface area (Å²) in [6, 6.07) is 7.79. The monoisotopic (exact) mass is 287 g/mol. The molecule has 1 aromatic heterocycles. The predicted octanol–water partition coefficient (Wildman–Crippen LogP) is 2.99. The van der Waals surface area contributed by atoms with Gasteiger partial charge in [-0.2, -0.15) is 0 Å². The van der Waals surface area contributed by atoms with Crippen molar-refractivity contribution < 1.29 is 9.90 Å². The molecule has 7 heteroatoms. The maximum atomic E-state index is 10.2. The Labute approximate surface area is 114 Å². The largest absolute Gasteiger partial charge is 0.475 e. The number of carbonyl (C=O) groups is 1. The van der Waals surface area contributed by atoms with Gasteiger partial charge in [-0.25, -0.2) is 9.78 Å². The van der Waals surface area contributed by atoms with E-state index in [-0.39, 0.29) is 16.1 Å². The molecular formula is C11H11Cl2N3O2. The zero-order valence-corrected chi connectivity index (χ0v) is 11.0. The van der Waals surface area contributed by atoms with Crippen LogP contribution in [0.25, 0.3) is 0 Å². The highest BCUT2D eigenvalue weighted by Crippen LogP contribution is 2.17. The summed E-state index contributed by atoms with van der Waals surface area (Å²) in [5, 5.41) is 8.32. The molecule has 0 bridgehead atoms. The van der Waals surface area contributed by atoms with Crippen molar-refractivity contribution in [3.8, 4) is 0 Å². The van der Waals surface area contributed by atoms with Gasteiger partial charge in [0.15, 0.2) is 5.15 Å². The third kappa shape index (κ3) is 4.27. The Morgan fingerprint density at radius 3 is 2.17 bits per heavy atom. The first kappa shape index (κ1) is 14.3. The molecule has 0 saturated heterocycles. The van der Waals surface area contributed by atoms with Crippen molar-refractivity contribution in [2.45, 2.75) is 6.92 Å². The molecular weight excluding hydrogens is 277 g/mol. The molecule has 1 aromatic carbocycles. The van der Waals surface area contributed by atoms with Crippen LogP contribution in [0.3, 0.4) is 0 Å². The van der Waals surface area contributed by atoms with E-state index >= 15 is 0 Å². The van der Waals surface area contributed by atoms with Crippen molar-refractivity contribution in [3.05, 3.63) is 46.0 Å². The number of anilines is 1. The summed E-state index contributed by atoms with van der Waals surface area (Å²) >= 11 is 10.7. The second-order valence-corrected chi connectivity index (χ2v) is 4.14. The highest BCUT2D eigenvalue weighted by atomic mass is 35.5. The molecule has 0 aliphatic heterocycles. The molecule has 0 saturated carbocycles. The van der Waals surface area contributed by atoms with Gasteiger partial charge in [0.2, 0.25) is 5.82 Å². The Balaban J connectivity index is 0.000000184. The van der Waals surface area contributed by atoms with Crippen molar-refractivity contribution >= 4 is 34.9 Å².